The van der Waals surface area contributed by atoms with Gasteiger partial charge in [-0.15, -0.1) is 11.3 Å². The molecule has 0 radical (unpaired) electrons. The van der Waals surface area contributed by atoms with Crippen LogP contribution in [0.4, 0.5) is 23.1 Å². The molecule has 42 heavy (non-hydrogen) atoms. The van der Waals surface area contributed by atoms with Gasteiger partial charge in [-0.1, -0.05) is 44.2 Å². The standard InChI is InChI=1S/C31H31N7O2S2/c1-21(2)30-36-28(22-7-6-8-23(19-22)37-42(39)25-9-4-3-5-10-25)29(41-30)26-13-14-32-31(34-26)35-27-12-11-24(20-33-27)38-15-17-40-18-16-38/h3-14,19-21,37H,15-18H2,1-2H3,(H,32,33,34,35). The highest BCUT2D eigenvalue weighted by molar-refractivity contribution is 7.86. The van der Waals surface area contributed by atoms with E-state index in [2.05, 4.69) is 38.8 Å². The lowest BCUT2D eigenvalue weighted by Crippen LogP contribution is -2.36. The van der Waals surface area contributed by atoms with E-state index in [1.54, 1.807) is 17.5 Å². The number of rotatable bonds is 9. The summed E-state index contributed by atoms with van der Waals surface area (Å²) in [6, 6.07) is 23.1. The first kappa shape index (κ1) is 28.0. The summed E-state index contributed by atoms with van der Waals surface area (Å²) in [5.41, 5.74) is 4.32. The Labute approximate surface area is 251 Å². The summed E-state index contributed by atoms with van der Waals surface area (Å²) in [6.45, 7) is 7.44. The van der Waals surface area contributed by atoms with Crippen LogP contribution in [0.5, 0.6) is 0 Å². The molecule has 11 heteroatoms. The molecule has 1 aliphatic heterocycles. The van der Waals surface area contributed by atoms with E-state index in [9.17, 15) is 4.21 Å². The van der Waals surface area contributed by atoms with Gasteiger partial charge < -0.3 is 19.7 Å². The van der Waals surface area contributed by atoms with Crippen LogP contribution in [0.2, 0.25) is 0 Å². The largest absolute Gasteiger partial charge is 0.378 e. The topological polar surface area (TPSA) is 105 Å². The Morgan fingerprint density at radius 2 is 1.79 bits per heavy atom. The molecule has 1 fully saturated rings. The fourth-order valence-corrected chi connectivity index (χ4v) is 6.44. The van der Waals surface area contributed by atoms with E-state index in [1.807, 2.05) is 79.0 Å². The minimum Gasteiger partial charge on any atom is -0.378 e. The third-order valence-corrected chi connectivity index (χ3v) is 9.19. The molecule has 0 spiro atoms. The van der Waals surface area contributed by atoms with Gasteiger partial charge in [0.05, 0.1) is 51.3 Å². The molecular weight excluding hydrogens is 567 g/mol. The van der Waals surface area contributed by atoms with Crippen LogP contribution in [0.3, 0.4) is 0 Å². The number of morpholine rings is 1. The number of anilines is 4. The third-order valence-electron chi connectivity index (χ3n) is 6.69. The molecule has 6 rings (SSSR count). The number of nitrogens with zero attached hydrogens (tertiary/aromatic N) is 5. The Morgan fingerprint density at radius 1 is 0.952 bits per heavy atom. The molecular formula is C31H31N7O2S2. The molecule has 1 atom stereocenters. The van der Waals surface area contributed by atoms with Crippen LogP contribution in [0.25, 0.3) is 21.8 Å². The highest BCUT2D eigenvalue weighted by atomic mass is 32.2. The van der Waals surface area contributed by atoms with Crippen molar-refractivity contribution in [2.24, 2.45) is 0 Å². The lowest BCUT2D eigenvalue weighted by atomic mass is 10.1. The van der Waals surface area contributed by atoms with Gasteiger partial charge in [0.25, 0.3) is 0 Å². The summed E-state index contributed by atoms with van der Waals surface area (Å²) in [5.74, 6) is 1.38. The second kappa shape index (κ2) is 12.8. The number of benzene rings is 2. The Balaban J connectivity index is 1.26. The number of pyridine rings is 1. The molecule has 0 aliphatic carbocycles. The first-order chi connectivity index (χ1) is 20.5. The molecule has 3 aromatic heterocycles. The molecule has 9 nitrogen and oxygen atoms in total. The normalized spacial score (nSPS) is 14.1. The van der Waals surface area contributed by atoms with Crippen LogP contribution >= 0.6 is 11.3 Å². The Morgan fingerprint density at radius 3 is 2.55 bits per heavy atom. The molecule has 1 saturated heterocycles. The van der Waals surface area contributed by atoms with Crippen molar-refractivity contribution in [1.82, 2.24) is 19.9 Å². The zero-order chi connectivity index (χ0) is 28.9. The molecule has 1 unspecified atom stereocenters. The van der Waals surface area contributed by atoms with E-state index >= 15 is 0 Å². The van der Waals surface area contributed by atoms with Gasteiger partial charge in [0.15, 0.2) is 0 Å². The molecule has 214 valence electrons. The van der Waals surface area contributed by atoms with Gasteiger partial charge in [0, 0.05) is 36.5 Å². The van der Waals surface area contributed by atoms with Crippen LogP contribution in [-0.4, -0.2) is 50.4 Å². The quantitative estimate of drug-likeness (QED) is 0.198. The van der Waals surface area contributed by atoms with Gasteiger partial charge in [-0.2, -0.15) is 0 Å². The van der Waals surface area contributed by atoms with Gasteiger partial charge in [-0.3, -0.25) is 0 Å². The van der Waals surface area contributed by atoms with E-state index in [4.69, 9.17) is 14.7 Å². The molecule has 1 aliphatic rings. The zero-order valence-electron chi connectivity index (χ0n) is 23.4. The van der Waals surface area contributed by atoms with Crippen LogP contribution in [-0.2, 0) is 15.7 Å². The van der Waals surface area contributed by atoms with Crippen molar-refractivity contribution in [2.75, 3.05) is 41.2 Å². The van der Waals surface area contributed by atoms with Gasteiger partial charge in [0.1, 0.15) is 16.8 Å². The molecule has 0 bridgehead atoms. The van der Waals surface area contributed by atoms with Crippen molar-refractivity contribution in [2.45, 2.75) is 24.7 Å². The van der Waals surface area contributed by atoms with E-state index in [-0.39, 0.29) is 5.92 Å². The fourth-order valence-electron chi connectivity index (χ4n) is 4.52. The van der Waals surface area contributed by atoms with Crippen molar-refractivity contribution in [3.63, 3.8) is 0 Å². The predicted octanol–water partition coefficient (Wildman–Crippen LogP) is 6.50. The Hall–Kier alpha value is -4.19. The van der Waals surface area contributed by atoms with Crippen molar-refractivity contribution in [3.05, 3.63) is 90.2 Å². The van der Waals surface area contributed by atoms with Crippen molar-refractivity contribution < 1.29 is 8.95 Å². The van der Waals surface area contributed by atoms with Crippen molar-refractivity contribution in [1.29, 1.82) is 0 Å². The summed E-state index contributed by atoms with van der Waals surface area (Å²) in [6.07, 6.45) is 3.60. The Kier molecular flexibility index (Phi) is 8.50. The molecule has 4 heterocycles. The van der Waals surface area contributed by atoms with Crippen LogP contribution < -0.4 is 14.9 Å². The molecule has 5 aromatic rings. The van der Waals surface area contributed by atoms with Crippen LogP contribution in [0, 0.1) is 0 Å². The first-order valence-corrected chi connectivity index (χ1v) is 15.7. The summed E-state index contributed by atoms with van der Waals surface area (Å²) < 4.78 is 21.4. The van der Waals surface area contributed by atoms with Gasteiger partial charge in [-0.05, 0) is 42.5 Å². The summed E-state index contributed by atoms with van der Waals surface area (Å²) in [7, 11) is -1.38. The van der Waals surface area contributed by atoms with E-state index in [0.29, 0.717) is 16.7 Å². The van der Waals surface area contributed by atoms with Crippen LogP contribution in [0.15, 0.2) is 90.1 Å². The van der Waals surface area contributed by atoms with Crippen LogP contribution in [0.1, 0.15) is 24.8 Å². The summed E-state index contributed by atoms with van der Waals surface area (Å²) in [5, 5.41) is 4.26. The molecule has 2 aromatic carbocycles. The SMILES string of the molecule is CC(C)c1nc(-c2cccc(NS(=O)c3ccccc3)c2)c(-c2ccnc(Nc3ccc(N4CCOCC4)cn3)n2)s1. The first-order valence-electron chi connectivity index (χ1n) is 13.8. The highest BCUT2D eigenvalue weighted by Gasteiger charge is 2.19. The van der Waals surface area contributed by atoms with Crippen molar-refractivity contribution >= 4 is 45.5 Å². The number of ether oxygens (including phenoxy) is 1. The highest BCUT2D eigenvalue weighted by Crippen LogP contribution is 2.39. The number of hydrogen-bond acceptors (Lipinski definition) is 9. The lowest BCUT2D eigenvalue weighted by molar-refractivity contribution is 0.122. The second-order valence-corrected chi connectivity index (χ2v) is 12.3. The fraction of sp³-hybridized carbons (Fsp3) is 0.226. The number of nitrogens with one attached hydrogen (secondary N) is 2. The lowest BCUT2D eigenvalue weighted by Gasteiger charge is -2.28. The second-order valence-electron chi connectivity index (χ2n) is 10.0. The summed E-state index contributed by atoms with van der Waals surface area (Å²) >= 11 is 1.62. The van der Waals surface area contributed by atoms with Gasteiger partial charge in [-0.25, -0.2) is 24.1 Å². The average molecular weight is 598 g/mol. The van der Waals surface area contributed by atoms with Gasteiger partial charge in [0.2, 0.25) is 5.95 Å². The average Bonchev–Trinajstić information content (AvgIpc) is 3.49. The number of hydrogen-bond donors (Lipinski definition) is 2. The Bertz CT molecular complexity index is 1670. The van der Waals surface area contributed by atoms with E-state index in [0.717, 1.165) is 64.5 Å². The zero-order valence-corrected chi connectivity index (χ0v) is 25.0. The molecule has 0 amide bonds. The third kappa shape index (κ3) is 6.48. The van der Waals surface area contributed by atoms with Gasteiger partial charge >= 0.3 is 0 Å². The van der Waals surface area contributed by atoms with E-state index in [1.165, 1.54) is 0 Å². The maximum Gasteiger partial charge on any atom is 0.228 e. The monoisotopic (exact) mass is 597 g/mol. The summed E-state index contributed by atoms with van der Waals surface area (Å²) in [4.78, 5) is 22.8. The number of thiazole rings is 1. The minimum atomic E-state index is -1.38. The number of aromatic nitrogens is 4. The van der Waals surface area contributed by atoms with Crippen molar-refractivity contribution in [3.8, 4) is 21.8 Å². The maximum absolute atomic E-state index is 12.9. The minimum absolute atomic E-state index is 0.253. The maximum atomic E-state index is 12.9. The molecule has 0 saturated carbocycles. The molecule has 2 N–H and O–H groups in total. The predicted molar refractivity (Wildman–Crippen MR) is 170 cm³/mol. The van der Waals surface area contributed by atoms with E-state index < -0.39 is 11.0 Å². The smallest absolute Gasteiger partial charge is 0.228 e.